The van der Waals surface area contributed by atoms with Crippen LogP contribution in [0.25, 0.3) is 0 Å². The van der Waals surface area contributed by atoms with Gasteiger partial charge in [-0.25, -0.2) is 4.39 Å². The molecule has 1 aromatic rings. The lowest BCUT2D eigenvalue weighted by Gasteiger charge is -2.21. The maximum Gasteiger partial charge on any atom is 0.234 e. The Kier molecular flexibility index (Phi) is 3.38. The number of piperidine rings is 1. The van der Waals surface area contributed by atoms with E-state index in [9.17, 15) is 14.0 Å². The summed E-state index contributed by atoms with van der Waals surface area (Å²) >= 11 is 5.57. The number of alkyl halides is 1. The highest BCUT2D eigenvalue weighted by Crippen LogP contribution is 2.27. The first kappa shape index (κ1) is 12.0. The number of halogens is 2. The molecule has 90 valence electrons. The van der Waals surface area contributed by atoms with Gasteiger partial charge in [0.25, 0.3) is 0 Å². The van der Waals surface area contributed by atoms with Crippen molar-refractivity contribution >= 4 is 23.4 Å². The Morgan fingerprint density at radius 3 is 2.88 bits per heavy atom. The highest BCUT2D eigenvalue weighted by atomic mass is 35.5. The lowest BCUT2D eigenvalue weighted by atomic mass is 9.90. The molecule has 6 heteroatoms. The normalized spacial score (nSPS) is 20.2. The van der Waals surface area contributed by atoms with E-state index in [2.05, 4.69) is 10.3 Å². The molecule has 2 heterocycles. The summed E-state index contributed by atoms with van der Waals surface area (Å²) in [5.41, 5.74) is 0.460. The Morgan fingerprint density at radius 2 is 2.24 bits per heavy atom. The Balaban J connectivity index is 2.34. The Hall–Kier alpha value is -1.49. The van der Waals surface area contributed by atoms with Gasteiger partial charge < -0.3 is 0 Å². The van der Waals surface area contributed by atoms with E-state index in [1.54, 1.807) is 0 Å². The standard InChI is InChI=1S/C11H10ClFN2O2/c12-3-6-4-14-5-8(10(6)13)7-1-2-9(16)15-11(7)17/h4-5,7H,1-3H2,(H,15,16,17). The molecule has 1 fully saturated rings. The summed E-state index contributed by atoms with van der Waals surface area (Å²) in [6.45, 7) is 0. The zero-order valence-electron chi connectivity index (χ0n) is 8.87. The third-order valence-electron chi connectivity index (χ3n) is 2.74. The molecule has 0 bridgehead atoms. The van der Waals surface area contributed by atoms with E-state index in [-0.39, 0.29) is 29.3 Å². The first-order valence-corrected chi connectivity index (χ1v) is 5.69. The highest BCUT2D eigenvalue weighted by molar-refractivity contribution is 6.17. The van der Waals surface area contributed by atoms with Crippen molar-refractivity contribution in [2.24, 2.45) is 0 Å². The van der Waals surface area contributed by atoms with Crippen LogP contribution in [-0.2, 0) is 15.5 Å². The molecule has 1 unspecified atom stereocenters. The van der Waals surface area contributed by atoms with Crippen molar-refractivity contribution in [3.8, 4) is 0 Å². The predicted octanol–water partition coefficient (Wildman–Crippen LogP) is 1.48. The number of carbonyl (C=O) groups is 2. The molecule has 1 aliphatic heterocycles. The molecule has 1 aliphatic rings. The van der Waals surface area contributed by atoms with Gasteiger partial charge in [-0.3, -0.25) is 19.9 Å². The molecule has 2 amide bonds. The number of hydrogen-bond acceptors (Lipinski definition) is 3. The van der Waals surface area contributed by atoms with Gasteiger partial charge >= 0.3 is 0 Å². The van der Waals surface area contributed by atoms with Gasteiger partial charge in [0.2, 0.25) is 11.8 Å². The number of aromatic nitrogens is 1. The fourth-order valence-electron chi connectivity index (χ4n) is 1.83. The molecule has 1 atom stereocenters. The SMILES string of the molecule is O=C1CCC(c2cncc(CCl)c2F)C(=O)N1. The first-order valence-electron chi connectivity index (χ1n) is 5.15. The second kappa shape index (κ2) is 4.79. The molecule has 1 N–H and O–H groups in total. The van der Waals surface area contributed by atoms with Gasteiger partial charge in [-0.15, -0.1) is 11.6 Å². The van der Waals surface area contributed by atoms with Crippen LogP contribution in [0, 0.1) is 5.82 Å². The minimum absolute atomic E-state index is 0.0000566. The van der Waals surface area contributed by atoms with E-state index in [0.29, 0.717) is 6.42 Å². The summed E-state index contributed by atoms with van der Waals surface area (Å²) in [5.74, 6) is -1.98. The van der Waals surface area contributed by atoms with E-state index in [1.807, 2.05) is 0 Å². The van der Waals surface area contributed by atoms with Gasteiger partial charge in [-0.05, 0) is 6.42 Å². The summed E-state index contributed by atoms with van der Waals surface area (Å²) in [5, 5.41) is 2.19. The second-order valence-electron chi connectivity index (χ2n) is 3.84. The number of nitrogens with zero attached hydrogens (tertiary/aromatic N) is 1. The second-order valence-corrected chi connectivity index (χ2v) is 4.11. The molecule has 0 spiro atoms. The molecular weight excluding hydrogens is 247 g/mol. The molecular formula is C11H10ClFN2O2. The van der Waals surface area contributed by atoms with Crippen LogP contribution in [0.4, 0.5) is 4.39 Å². The monoisotopic (exact) mass is 256 g/mol. The van der Waals surface area contributed by atoms with Crippen LogP contribution < -0.4 is 5.32 Å². The lowest BCUT2D eigenvalue weighted by molar-refractivity contribution is -0.134. The maximum absolute atomic E-state index is 13.9. The number of rotatable bonds is 2. The highest BCUT2D eigenvalue weighted by Gasteiger charge is 2.30. The summed E-state index contributed by atoms with van der Waals surface area (Å²) in [6, 6.07) is 0. The third kappa shape index (κ3) is 2.29. The molecule has 4 nitrogen and oxygen atoms in total. The van der Waals surface area contributed by atoms with E-state index in [0.717, 1.165) is 0 Å². The summed E-state index contributed by atoms with van der Waals surface area (Å²) in [4.78, 5) is 26.4. The average Bonchev–Trinajstić information content (AvgIpc) is 2.30. The smallest absolute Gasteiger partial charge is 0.234 e. The van der Waals surface area contributed by atoms with E-state index < -0.39 is 17.6 Å². The van der Waals surface area contributed by atoms with Crippen LogP contribution in [0.3, 0.4) is 0 Å². The molecule has 2 rings (SSSR count). The Labute approximate surface area is 102 Å². The van der Waals surface area contributed by atoms with Crippen LogP contribution >= 0.6 is 11.6 Å². The van der Waals surface area contributed by atoms with Crippen LogP contribution in [-0.4, -0.2) is 16.8 Å². The molecule has 1 saturated heterocycles. The molecule has 1 aromatic heterocycles. The topological polar surface area (TPSA) is 59.1 Å². The van der Waals surface area contributed by atoms with Gasteiger partial charge in [0, 0.05) is 29.9 Å². The van der Waals surface area contributed by atoms with Crippen LogP contribution in [0.1, 0.15) is 29.9 Å². The third-order valence-corrected chi connectivity index (χ3v) is 3.03. The molecule has 0 radical (unpaired) electrons. The Bertz CT molecular complexity index is 479. The van der Waals surface area contributed by atoms with Crippen molar-refractivity contribution in [3.63, 3.8) is 0 Å². The molecule has 0 saturated carbocycles. The minimum atomic E-state index is -0.664. The minimum Gasteiger partial charge on any atom is -0.296 e. The van der Waals surface area contributed by atoms with Crippen LogP contribution in [0.2, 0.25) is 0 Å². The fourth-order valence-corrected chi connectivity index (χ4v) is 2.02. The number of amides is 2. The van der Waals surface area contributed by atoms with Gasteiger partial charge in [0.15, 0.2) is 0 Å². The summed E-state index contributed by atoms with van der Waals surface area (Å²) in [6.07, 6.45) is 3.15. The number of hydrogen-bond donors (Lipinski definition) is 1. The number of carbonyl (C=O) groups excluding carboxylic acids is 2. The first-order chi connectivity index (χ1) is 8.13. The average molecular weight is 257 g/mol. The van der Waals surface area contributed by atoms with E-state index in [1.165, 1.54) is 12.4 Å². The van der Waals surface area contributed by atoms with Crippen molar-refractivity contribution in [2.45, 2.75) is 24.6 Å². The number of pyridine rings is 1. The lowest BCUT2D eigenvalue weighted by Crippen LogP contribution is -2.39. The predicted molar refractivity (Wildman–Crippen MR) is 58.9 cm³/mol. The van der Waals surface area contributed by atoms with Crippen molar-refractivity contribution in [1.29, 1.82) is 0 Å². The van der Waals surface area contributed by atoms with Crippen molar-refractivity contribution in [2.75, 3.05) is 0 Å². The van der Waals surface area contributed by atoms with E-state index in [4.69, 9.17) is 11.6 Å². The molecule has 0 aromatic carbocycles. The van der Waals surface area contributed by atoms with Gasteiger partial charge in [-0.2, -0.15) is 0 Å². The molecule has 0 aliphatic carbocycles. The van der Waals surface area contributed by atoms with Gasteiger partial charge in [-0.1, -0.05) is 0 Å². The van der Waals surface area contributed by atoms with Crippen molar-refractivity contribution in [3.05, 3.63) is 29.3 Å². The maximum atomic E-state index is 13.9. The van der Waals surface area contributed by atoms with E-state index >= 15 is 0 Å². The number of imide groups is 1. The molecule has 17 heavy (non-hydrogen) atoms. The summed E-state index contributed by atoms with van der Waals surface area (Å²) in [7, 11) is 0. The van der Waals surface area contributed by atoms with Crippen molar-refractivity contribution in [1.82, 2.24) is 10.3 Å². The fraction of sp³-hybridized carbons (Fsp3) is 0.364. The van der Waals surface area contributed by atoms with Gasteiger partial charge in [0.05, 0.1) is 11.8 Å². The number of nitrogens with one attached hydrogen (secondary N) is 1. The quantitative estimate of drug-likeness (QED) is 0.644. The van der Waals surface area contributed by atoms with Crippen LogP contribution in [0.5, 0.6) is 0 Å². The van der Waals surface area contributed by atoms with Gasteiger partial charge in [0.1, 0.15) is 5.82 Å². The zero-order chi connectivity index (χ0) is 12.4. The zero-order valence-corrected chi connectivity index (χ0v) is 9.63. The largest absolute Gasteiger partial charge is 0.296 e. The van der Waals surface area contributed by atoms with Crippen LogP contribution in [0.15, 0.2) is 12.4 Å². The Morgan fingerprint density at radius 1 is 1.47 bits per heavy atom. The van der Waals surface area contributed by atoms with Crippen molar-refractivity contribution < 1.29 is 14.0 Å². The summed E-state index contributed by atoms with van der Waals surface area (Å²) < 4.78 is 13.9.